The fraction of sp³-hybridized carbons (Fsp3) is 0.379. The van der Waals surface area contributed by atoms with Crippen LogP contribution in [0.4, 0.5) is 0 Å². The van der Waals surface area contributed by atoms with Crippen LogP contribution in [0.15, 0.2) is 83.8 Å². The standard InChI is InChI=1S/C29H33N3O2/c1-34-25-11-5-8-23(19-25)26-12-2-3-13-27(26)31-29(33)22-14-17-32(18-15-22)20-24-9-4-7-21-10-6-16-30-28(21)24/h2,4-10,12,16,19,22,25H,3,11,13-15,17-18,20H2,1H3,(H,31,33). The molecule has 2 heterocycles. The van der Waals surface area contributed by atoms with Gasteiger partial charge in [0.05, 0.1) is 11.6 Å². The molecule has 1 aliphatic heterocycles. The lowest BCUT2D eigenvalue weighted by molar-refractivity contribution is -0.125. The highest BCUT2D eigenvalue weighted by Gasteiger charge is 2.27. The number of pyridine rings is 1. The summed E-state index contributed by atoms with van der Waals surface area (Å²) in [5, 5.41) is 4.48. The summed E-state index contributed by atoms with van der Waals surface area (Å²) in [7, 11) is 1.74. The van der Waals surface area contributed by atoms with E-state index in [-0.39, 0.29) is 17.9 Å². The summed E-state index contributed by atoms with van der Waals surface area (Å²) in [6.07, 6.45) is 17.3. The minimum Gasteiger partial charge on any atom is -0.377 e. The van der Waals surface area contributed by atoms with Gasteiger partial charge in [-0.25, -0.2) is 0 Å². The summed E-state index contributed by atoms with van der Waals surface area (Å²) in [6, 6.07) is 10.5. The van der Waals surface area contributed by atoms with Gasteiger partial charge in [-0.3, -0.25) is 14.7 Å². The van der Waals surface area contributed by atoms with Gasteiger partial charge in [-0.15, -0.1) is 0 Å². The van der Waals surface area contributed by atoms with E-state index in [2.05, 4.69) is 69.8 Å². The molecule has 2 aromatic rings. The van der Waals surface area contributed by atoms with Crippen molar-refractivity contribution in [2.45, 2.75) is 44.8 Å². The third-order valence-corrected chi connectivity index (χ3v) is 7.16. The smallest absolute Gasteiger partial charge is 0.227 e. The van der Waals surface area contributed by atoms with Crippen molar-refractivity contribution < 1.29 is 9.53 Å². The molecule has 1 aromatic carbocycles. The molecule has 1 amide bonds. The molecule has 1 atom stereocenters. The Balaban J connectivity index is 1.22. The topological polar surface area (TPSA) is 54.5 Å². The number of hydrogen-bond donors (Lipinski definition) is 1. The van der Waals surface area contributed by atoms with E-state index < -0.39 is 0 Å². The van der Waals surface area contributed by atoms with Gasteiger partial charge in [0, 0.05) is 42.4 Å². The first kappa shape index (κ1) is 22.8. The van der Waals surface area contributed by atoms with Gasteiger partial charge in [0.1, 0.15) is 0 Å². The normalized spacial score (nSPS) is 21.7. The zero-order valence-electron chi connectivity index (χ0n) is 19.9. The summed E-state index contributed by atoms with van der Waals surface area (Å²) >= 11 is 0. The van der Waals surface area contributed by atoms with E-state index in [4.69, 9.17) is 4.74 Å². The molecule has 5 heteroatoms. The van der Waals surface area contributed by atoms with Crippen LogP contribution in [-0.4, -0.2) is 42.1 Å². The van der Waals surface area contributed by atoms with Gasteiger partial charge in [-0.1, -0.05) is 48.6 Å². The highest BCUT2D eigenvalue weighted by Crippen LogP contribution is 2.29. The largest absolute Gasteiger partial charge is 0.377 e. The number of nitrogens with one attached hydrogen (secondary N) is 1. The van der Waals surface area contributed by atoms with Crippen LogP contribution in [0.25, 0.3) is 10.9 Å². The van der Waals surface area contributed by atoms with Crippen molar-refractivity contribution in [2.75, 3.05) is 20.2 Å². The van der Waals surface area contributed by atoms with Gasteiger partial charge in [-0.2, -0.15) is 0 Å². The molecule has 176 valence electrons. The van der Waals surface area contributed by atoms with E-state index in [1.807, 2.05) is 12.3 Å². The van der Waals surface area contributed by atoms with E-state index in [0.29, 0.717) is 0 Å². The van der Waals surface area contributed by atoms with Gasteiger partial charge in [0.25, 0.3) is 0 Å². The van der Waals surface area contributed by atoms with Crippen molar-refractivity contribution in [3.63, 3.8) is 0 Å². The number of carbonyl (C=O) groups excluding carboxylic acids is 1. The molecule has 34 heavy (non-hydrogen) atoms. The molecule has 1 saturated heterocycles. The molecule has 3 aliphatic rings. The molecule has 1 unspecified atom stereocenters. The Morgan fingerprint density at radius 1 is 1.15 bits per heavy atom. The van der Waals surface area contributed by atoms with Crippen molar-refractivity contribution in [1.29, 1.82) is 0 Å². The molecular formula is C29H33N3O2. The van der Waals surface area contributed by atoms with Crippen molar-refractivity contribution in [3.05, 3.63) is 89.3 Å². The maximum Gasteiger partial charge on any atom is 0.227 e. The van der Waals surface area contributed by atoms with Crippen molar-refractivity contribution in [3.8, 4) is 0 Å². The number of hydrogen-bond acceptors (Lipinski definition) is 4. The molecule has 1 N–H and O–H groups in total. The van der Waals surface area contributed by atoms with Crippen LogP contribution in [0.1, 0.15) is 37.7 Å². The Bertz CT molecular complexity index is 1160. The molecule has 5 nitrogen and oxygen atoms in total. The summed E-state index contributed by atoms with van der Waals surface area (Å²) in [5.41, 5.74) is 5.65. The number of fused-ring (bicyclic) bond motifs is 1. The number of nitrogens with zero attached hydrogens (tertiary/aromatic N) is 2. The summed E-state index contributed by atoms with van der Waals surface area (Å²) < 4.78 is 5.53. The highest BCUT2D eigenvalue weighted by atomic mass is 16.5. The number of benzene rings is 1. The Hall–Kier alpha value is -3.02. The third-order valence-electron chi connectivity index (χ3n) is 7.16. The first-order valence-electron chi connectivity index (χ1n) is 12.4. The zero-order chi connectivity index (χ0) is 23.3. The number of aromatic nitrogens is 1. The number of likely N-dealkylation sites (tertiary alicyclic amines) is 1. The number of rotatable bonds is 6. The van der Waals surface area contributed by atoms with Crippen LogP contribution in [0.5, 0.6) is 0 Å². The summed E-state index contributed by atoms with van der Waals surface area (Å²) in [5.74, 6) is 0.224. The maximum absolute atomic E-state index is 13.2. The number of carbonyl (C=O) groups is 1. The van der Waals surface area contributed by atoms with Gasteiger partial charge in [0.2, 0.25) is 5.91 Å². The monoisotopic (exact) mass is 455 g/mol. The Morgan fingerprint density at radius 3 is 2.85 bits per heavy atom. The second-order valence-electron chi connectivity index (χ2n) is 9.40. The van der Waals surface area contributed by atoms with E-state index in [9.17, 15) is 4.79 Å². The minimum atomic E-state index is 0.0594. The number of para-hydroxylation sites is 1. The highest BCUT2D eigenvalue weighted by molar-refractivity contribution is 5.82. The first-order chi connectivity index (χ1) is 16.7. The van der Waals surface area contributed by atoms with E-state index in [1.54, 1.807) is 7.11 Å². The molecule has 5 rings (SSSR count). The molecule has 2 aliphatic carbocycles. The Kier molecular flexibility index (Phi) is 7.02. The number of ether oxygens (including phenoxy) is 1. The zero-order valence-corrected chi connectivity index (χ0v) is 19.9. The van der Waals surface area contributed by atoms with Crippen LogP contribution in [-0.2, 0) is 16.1 Å². The lowest BCUT2D eigenvalue weighted by Crippen LogP contribution is -2.40. The second kappa shape index (κ2) is 10.5. The molecule has 0 bridgehead atoms. The lowest BCUT2D eigenvalue weighted by atomic mass is 9.91. The van der Waals surface area contributed by atoms with Crippen LogP contribution in [0.2, 0.25) is 0 Å². The summed E-state index contributed by atoms with van der Waals surface area (Å²) in [4.78, 5) is 20.2. The Labute approximate surface area is 201 Å². The van der Waals surface area contributed by atoms with Gasteiger partial charge in [-0.05, 0) is 68.5 Å². The number of piperidine rings is 1. The van der Waals surface area contributed by atoms with Crippen LogP contribution in [0.3, 0.4) is 0 Å². The van der Waals surface area contributed by atoms with Crippen molar-refractivity contribution >= 4 is 16.8 Å². The van der Waals surface area contributed by atoms with Crippen molar-refractivity contribution in [1.82, 2.24) is 15.2 Å². The average Bonchev–Trinajstić information content (AvgIpc) is 2.89. The lowest BCUT2D eigenvalue weighted by Gasteiger charge is -2.32. The summed E-state index contributed by atoms with van der Waals surface area (Å²) in [6.45, 7) is 2.73. The first-order valence-corrected chi connectivity index (χ1v) is 12.4. The average molecular weight is 456 g/mol. The van der Waals surface area contributed by atoms with Crippen LogP contribution in [0, 0.1) is 5.92 Å². The fourth-order valence-corrected chi connectivity index (χ4v) is 5.20. The molecule has 0 radical (unpaired) electrons. The molecular weight excluding hydrogens is 422 g/mol. The SMILES string of the molecule is COC1C=C(C2=C(NC(=O)C3CCN(Cc4cccc5cccnc45)CC3)CCC=C2)C=CC1. The Morgan fingerprint density at radius 2 is 2.00 bits per heavy atom. The second-order valence-corrected chi connectivity index (χ2v) is 9.40. The van der Waals surface area contributed by atoms with Gasteiger partial charge < -0.3 is 10.1 Å². The predicted octanol–water partition coefficient (Wildman–Crippen LogP) is 5.07. The predicted molar refractivity (Wildman–Crippen MR) is 136 cm³/mol. The minimum absolute atomic E-state index is 0.0594. The van der Waals surface area contributed by atoms with Crippen LogP contribution >= 0.6 is 0 Å². The number of allylic oxidation sites excluding steroid dienone is 6. The van der Waals surface area contributed by atoms with Gasteiger partial charge in [0.15, 0.2) is 0 Å². The molecule has 0 spiro atoms. The van der Waals surface area contributed by atoms with Crippen LogP contribution < -0.4 is 5.32 Å². The van der Waals surface area contributed by atoms with Crippen molar-refractivity contribution in [2.24, 2.45) is 5.92 Å². The van der Waals surface area contributed by atoms with Gasteiger partial charge >= 0.3 is 0 Å². The molecule has 1 fully saturated rings. The van der Waals surface area contributed by atoms with E-state index in [1.165, 1.54) is 10.9 Å². The van der Waals surface area contributed by atoms with E-state index in [0.717, 1.165) is 74.1 Å². The maximum atomic E-state index is 13.2. The quantitative estimate of drug-likeness (QED) is 0.661. The third kappa shape index (κ3) is 5.06. The molecule has 1 aromatic heterocycles. The number of methoxy groups -OCH3 is 1. The van der Waals surface area contributed by atoms with E-state index >= 15 is 0 Å². The molecule has 0 saturated carbocycles. The fourth-order valence-electron chi connectivity index (χ4n) is 5.20. The number of amides is 1.